The molecule has 2 heterocycles. The number of thioether (sulfide) groups is 1. The lowest BCUT2D eigenvalue weighted by molar-refractivity contribution is -0.128. The minimum atomic E-state index is 0.120. The predicted octanol–water partition coefficient (Wildman–Crippen LogP) is 3.96. The molecule has 1 amide bonds. The lowest BCUT2D eigenvalue weighted by Crippen LogP contribution is -2.49. The fraction of sp³-hybridized carbons (Fsp3) is 0.192. The fourth-order valence-electron chi connectivity index (χ4n) is 4.06. The number of amides is 1. The fourth-order valence-corrected chi connectivity index (χ4v) is 4.92. The summed E-state index contributed by atoms with van der Waals surface area (Å²) in [5.41, 5.74) is 9.63. The highest BCUT2D eigenvalue weighted by Gasteiger charge is 2.23. The molecule has 0 radical (unpaired) electrons. The van der Waals surface area contributed by atoms with E-state index in [9.17, 15) is 4.79 Å². The molecule has 1 fully saturated rings. The number of anilines is 2. The molecule has 1 aromatic heterocycles. The van der Waals surface area contributed by atoms with Crippen molar-refractivity contribution in [1.29, 1.82) is 0 Å². The van der Waals surface area contributed by atoms with Gasteiger partial charge in [0.1, 0.15) is 0 Å². The van der Waals surface area contributed by atoms with Crippen LogP contribution in [0.5, 0.6) is 0 Å². The summed E-state index contributed by atoms with van der Waals surface area (Å²) in [5, 5.41) is 9.56. The molecule has 0 unspecified atom stereocenters. The Morgan fingerprint density at radius 1 is 0.794 bits per heavy atom. The second kappa shape index (κ2) is 10.0. The summed E-state index contributed by atoms with van der Waals surface area (Å²) < 4.78 is 2.00. The normalized spacial score (nSPS) is 13.8. The van der Waals surface area contributed by atoms with E-state index in [0.717, 1.165) is 43.3 Å². The van der Waals surface area contributed by atoms with Gasteiger partial charge in [0, 0.05) is 48.8 Å². The zero-order chi connectivity index (χ0) is 23.3. The molecule has 0 bridgehead atoms. The first-order valence-corrected chi connectivity index (χ1v) is 12.2. The van der Waals surface area contributed by atoms with E-state index in [4.69, 9.17) is 5.73 Å². The first-order chi connectivity index (χ1) is 16.7. The molecule has 5 rings (SSSR count). The summed E-state index contributed by atoms with van der Waals surface area (Å²) in [6.07, 6.45) is 0. The zero-order valence-corrected chi connectivity index (χ0v) is 19.6. The third kappa shape index (κ3) is 4.77. The molecule has 0 spiro atoms. The van der Waals surface area contributed by atoms with Gasteiger partial charge >= 0.3 is 0 Å². The average molecular weight is 471 g/mol. The smallest absolute Gasteiger partial charge is 0.233 e. The van der Waals surface area contributed by atoms with Crippen LogP contribution in [0, 0.1) is 0 Å². The van der Waals surface area contributed by atoms with Gasteiger partial charge in [-0.3, -0.25) is 9.36 Å². The average Bonchev–Trinajstić information content (AvgIpc) is 3.33. The number of aromatic nitrogens is 3. The first kappa shape index (κ1) is 22.0. The van der Waals surface area contributed by atoms with Gasteiger partial charge in [0.25, 0.3) is 0 Å². The van der Waals surface area contributed by atoms with Crippen LogP contribution in [0.15, 0.2) is 90.1 Å². The number of carbonyl (C=O) groups excluding carboxylic acids is 1. The first-order valence-electron chi connectivity index (χ1n) is 11.3. The molecule has 7 nitrogen and oxygen atoms in total. The second-order valence-electron chi connectivity index (χ2n) is 8.09. The summed E-state index contributed by atoms with van der Waals surface area (Å²) in [6.45, 7) is 3.11. The van der Waals surface area contributed by atoms with Crippen LogP contribution >= 0.6 is 11.8 Å². The molecule has 2 N–H and O–H groups in total. The third-order valence-corrected chi connectivity index (χ3v) is 6.81. The molecule has 34 heavy (non-hydrogen) atoms. The van der Waals surface area contributed by atoms with Crippen LogP contribution in [-0.4, -0.2) is 57.5 Å². The number of hydrogen-bond donors (Lipinski definition) is 1. The highest BCUT2D eigenvalue weighted by atomic mass is 32.2. The van der Waals surface area contributed by atoms with E-state index in [2.05, 4.69) is 27.2 Å². The molecule has 0 saturated carbocycles. The van der Waals surface area contributed by atoms with Crippen LogP contribution < -0.4 is 10.6 Å². The Morgan fingerprint density at radius 2 is 1.41 bits per heavy atom. The number of piperazine rings is 1. The molecule has 4 aromatic rings. The summed E-state index contributed by atoms with van der Waals surface area (Å²) in [4.78, 5) is 17.3. The van der Waals surface area contributed by atoms with Crippen LogP contribution in [0.4, 0.5) is 11.4 Å². The van der Waals surface area contributed by atoms with Crippen molar-refractivity contribution in [1.82, 2.24) is 19.7 Å². The van der Waals surface area contributed by atoms with E-state index in [1.807, 2.05) is 82.3 Å². The van der Waals surface area contributed by atoms with Gasteiger partial charge in [0.15, 0.2) is 11.0 Å². The van der Waals surface area contributed by atoms with E-state index in [1.165, 1.54) is 17.4 Å². The number of nitrogens with two attached hydrogens (primary N) is 1. The van der Waals surface area contributed by atoms with Crippen LogP contribution in [0.25, 0.3) is 17.1 Å². The molecule has 3 aromatic carbocycles. The van der Waals surface area contributed by atoms with E-state index >= 15 is 0 Å². The molecule has 0 atom stereocenters. The maximum absolute atomic E-state index is 13.0. The third-order valence-electron chi connectivity index (χ3n) is 5.90. The molecule has 1 saturated heterocycles. The van der Waals surface area contributed by atoms with Crippen LogP contribution in [0.2, 0.25) is 0 Å². The highest BCUT2D eigenvalue weighted by Crippen LogP contribution is 2.28. The number of hydrogen-bond acceptors (Lipinski definition) is 6. The van der Waals surface area contributed by atoms with E-state index in [0.29, 0.717) is 16.6 Å². The van der Waals surface area contributed by atoms with Gasteiger partial charge in [0.2, 0.25) is 5.91 Å². The topological polar surface area (TPSA) is 80.3 Å². The molecular weight excluding hydrogens is 444 g/mol. The second-order valence-corrected chi connectivity index (χ2v) is 9.03. The van der Waals surface area contributed by atoms with Gasteiger partial charge in [-0.1, -0.05) is 48.2 Å². The largest absolute Gasteiger partial charge is 0.399 e. The number of para-hydroxylation sites is 2. The van der Waals surface area contributed by atoms with Gasteiger partial charge in [-0.2, -0.15) is 0 Å². The van der Waals surface area contributed by atoms with Crippen LogP contribution in [0.3, 0.4) is 0 Å². The quantitative estimate of drug-likeness (QED) is 0.339. The monoisotopic (exact) mass is 470 g/mol. The Balaban J connectivity index is 1.29. The number of nitrogens with zero attached hydrogens (tertiary/aromatic N) is 5. The predicted molar refractivity (Wildman–Crippen MR) is 137 cm³/mol. The number of rotatable bonds is 6. The summed E-state index contributed by atoms with van der Waals surface area (Å²) >= 11 is 1.42. The minimum absolute atomic E-state index is 0.120. The molecule has 0 aliphatic carbocycles. The van der Waals surface area contributed by atoms with Crippen molar-refractivity contribution in [3.63, 3.8) is 0 Å². The van der Waals surface area contributed by atoms with Crippen LogP contribution in [-0.2, 0) is 4.79 Å². The summed E-state index contributed by atoms with van der Waals surface area (Å²) in [5.74, 6) is 1.16. The highest BCUT2D eigenvalue weighted by molar-refractivity contribution is 7.99. The maximum Gasteiger partial charge on any atom is 0.233 e. The van der Waals surface area contributed by atoms with Crippen LogP contribution in [0.1, 0.15) is 0 Å². The van der Waals surface area contributed by atoms with Crippen molar-refractivity contribution in [2.75, 3.05) is 42.6 Å². The van der Waals surface area contributed by atoms with Gasteiger partial charge < -0.3 is 15.5 Å². The van der Waals surface area contributed by atoms with Crippen molar-refractivity contribution in [2.24, 2.45) is 0 Å². The van der Waals surface area contributed by atoms with Gasteiger partial charge in [-0.15, -0.1) is 10.2 Å². The summed E-state index contributed by atoms with van der Waals surface area (Å²) in [6, 6.07) is 27.9. The van der Waals surface area contributed by atoms with Crippen molar-refractivity contribution >= 4 is 29.0 Å². The van der Waals surface area contributed by atoms with Crippen molar-refractivity contribution in [2.45, 2.75) is 5.16 Å². The maximum atomic E-state index is 13.0. The van der Waals surface area contributed by atoms with E-state index in [1.54, 1.807) is 0 Å². The number of nitrogen functional groups attached to an aromatic ring is 1. The number of benzene rings is 3. The van der Waals surface area contributed by atoms with Gasteiger partial charge in [-0.05, 0) is 48.5 Å². The minimum Gasteiger partial charge on any atom is -0.399 e. The molecule has 172 valence electrons. The van der Waals surface area contributed by atoms with Gasteiger partial charge in [-0.25, -0.2) is 0 Å². The Labute approximate surface area is 203 Å². The standard InChI is InChI=1S/C26H26N6OS/c27-21-13-11-20(12-14-21)25-28-29-26(32(25)23-9-5-2-6-10-23)34-19-24(33)31-17-15-30(16-18-31)22-7-3-1-4-8-22/h1-14H,15-19,27H2. The van der Waals surface area contributed by atoms with E-state index < -0.39 is 0 Å². The SMILES string of the molecule is Nc1ccc(-c2nnc(SCC(=O)N3CCN(c4ccccc4)CC3)n2-c2ccccc2)cc1. The Hall–Kier alpha value is -3.78. The number of carbonyl (C=O) groups is 1. The lowest BCUT2D eigenvalue weighted by atomic mass is 10.2. The zero-order valence-electron chi connectivity index (χ0n) is 18.7. The Bertz CT molecular complexity index is 1240. The summed E-state index contributed by atoms with van der Waals surface area (Å²) in [7, 11) is 0. The van der Waals surface area contributed by atoms with Crippen molar-refractivity contribution in [3.8, 4) is 17.1 Å². The molecule has 1 aliphatic heterocycles. The van der Waals surface area contributed by atoms with E-state index in [-0.39, 0.29) is 5.91 Å². The van der Waals surface area contributed by atoms with Crippen molar-refractivity contribution in [3.05, 3.63) is 84.9 Å². The van der Waals surface area contributed by atoms with Gasteiger partial charge in [0.05, 0.1) is 5.75 Å². The molecular formula is C26H26N6OS. The Kier molecular flexibility index (Phi) is 6.49. The Morgan fingerprint density at radius 3 is 2.06 bits per heavy atom. The molecule has 1 aliphatic rings. The lowest BCUT2D eigenvalue weighted by Gasteiger charge is -2.36. The van der Waals surface area contributed by atoms with Crippen molar-refractivity contribution < 1.29 is 4.79 Å². The molecule has 8 heteroatoms.